The second kappa shape index (κ2) is 7.92. The Balaban J connectivity index is 1.50. The number of nitrogens with one attached hydrogen (secondary N) is 3. The Morgan fingerprint density at radius 3 is 2.58 bits per heavy atom. The second-order valence-electron chi connectivity index (χ2n) is 5.79. The molecule has 1 saturated heterocycles. The van der Waals surface area contributed by atoms with E-state index in [-0.39, 0.29) is 18.0 Å². The van der Waals surface area contributed by atoms with Crippen LogP contribution in [0.25, 0.3) is 0 Å². The van der Waals surface area contributed by atoms with E-state index in [4.69, 9.17) is 10.6 Å². The molecule has 1 fully saturated rings. The summed E-state index contributed by atoms with van der Waals surface area (Å²) in [4.78, 5) is 11.5. The summed E-state index contributed by atoms with van der Waals surface area (Å²) in [7, 11) is 0. The molecule has 0 saturated carbocycles. The molecule has 24 heavy (non-hydrogen) atoms. The van der Waals surface area contributed by atoms with Crippen LogP contribution in [-0.2, 0) is 11.2 Å². The molecule has 2 aromatic carbocycles. The van der Waals surface area contributed by atoms with Gasteiger partial charge in [-0.1, -0.05) is 42.5 Å². The van der Waals surface area contributed by atoms with E-state index < -0.39 is 0 Å². The molecule has 6 nitrogen and oxygen atoms in total. The zero-order valence-electron chi connectivity index (χ0n) is 13.4. The SMILES string of the molecule is NNC(=O)C1CC(c2ccc(OCCc3ccccc3)cc2)NN1. The van der Waals surface area contributed by atoms with Crippen molar-refractivity contribution in [3.05, 3.63) is 65.7 Å². The molecule has 1 aliphatic rings. The highest BCUT2D eigenvalue weighted by atomic mass is 16.5. The number of amides is 1. The Hall–Kier alpha value is -2.41. The minimum Gasteiger partial charge on any atom is -0.493 e. The first-order valence-electron chi connectivity index (χ1n) is 8.04. The van der Waals surface area contributed by atoms with Crippen molar-refractivity contribution in [2.24, 2.45) is 5.84 Å². The van der Waals surface area contributed by atoms with Gasteiger partial charge in [-0.05, 0) is 29.7 Å². The molecule has 1 amide bonds. The number of carbonyl (C=O) groups is 1. The second-order valence-corrected chi connectivity index (χ2v) is 5.79. The minimum absolute atomic E-state index is 0.0747. The van der Waals surface area contributed by atoms with Crippen LogP contribution in [0.5, 0.6) is 5.75 Å². The van der Waals surface area contributed by atoms with Gasteiger partial charge in [-0.2, -0.15) is 0 Å². The number of hydrogen-bond donors (Lipinski definition) is 4. The normalized spacial score (nSPS) is 19.9. The highest BCUT2D eigenvalue weighted by Gasteiger charge is 2.29. The van der Waals surface area contributed by atoms with Gasteiger partial charge in [-0.25, -0.2) is 16.7 Å². The highest BCUT2D eigenvalue weighted by molar-refractivity contribution is 5.81. The molecular weight excluding hydrogens is 304 g/mol. The van der Waals surface area contributed by atoms with Gasteiger partial charge in [-0.3, -0.25) is 10.2 Å². The summed E-state index contributed by atoms with van der Waals surface area (Å²) in [5.41, 5.74) is 10.6. The topological polar surface area (TPSA) is 88.4 Å². The maximum Gasteiger partial charge on any atom is 0.252 e. The maximum atomic E-state index is 11.5. The third kappa shape index (κ3) is 4.11. The van der Waals surface area contributed by atoms with Crippen LogP contribution in [0, 0.1) is 0 Å². The van der Waals surface area contributed by atoms with E-state index >= 15 is 0 Å². The summed E-state index contributed by atoms with van der Waals surface area (Å²) >= 11 is 0. The van der Waals surface area contributed by atoms with Gasteiger partial charge in [0, 0.05) is 12.5 Å². The number of hydrogen-bond acceptors (Lipinski definition) is 5. The summed E-state index contributed by atoms with van der Waals surface area (Å²) in [5.74, 6) is 5.79. The van der Waals surface area contributed by atoms with Crippen LogP contribution in [0.1, 0.15) is 23.6 Å². The molecule has 1 aliphatic heterocycles. The van der Waals surface area contributed by atoms with Crippen LogP contribution < -0.4 is 26.9 Å². The van der Waals surface area contributed by atoms with Crippen LogP contribution >= 0.6 is 0 Å². The number of rotatable bonds is 6. The van der Waals surface area contributed by atoms with Gasteiger partial charge in [0.15, 0.2) is 0 Å². The average molecular weight is 326 g/mol. The predicted octanol–water partition coefficient (Wildman–Crippen LogP) is 1.21. The molecule has 0 radical (unpaired) electrons. The molecule has 2 unspecified atom stereocenters. The van der Waals surface area contributed by atoms with Crippen LogP contribution in [-0.4, -0.2) is 18.6 Å². The first kappa shape index (κ1) is 16.4. The Morgan fingerprint density at radius 1 is 1.12 bits per heavy atom. The van der Waals surface area contributed by atoms with Gasteiger partial charge in [-0.15, -0.1) is 0 Å². The Labute approximate surface area is 141 Å². The number of nitrogens with two attached hydrogens (primary N) is 1. The van der Waals surface area contributed by atoms with Crippen molar-refractivity contribution in [3.8, 4) is 5.75 Å². The largest absolute Gasteiger partial charge is 0.493 e. The van der Waals surface area contributed by atoms with Crippen molar-refractivity contribution in [1.82, 2.24) is 16.3 Å². The van der Waals surface area contributed by atoms with E-state index in [1.807, 2.05) is 42.5 Å². The fourth-order valence-electron chi connectivity index (χ4n) is 2.78. The average Bonchev–Trinajstić information content (AvgIpc) is 3.13. The van der Waals surface area contributed by atoms with Gasteiger partial charge >= 0.3 is 0 Å². The van der Waals surface area contributed by atoms with Gasteiger partial charge in [0.05, 0.1) is 6.61 Å². The summed E-state index contributed by atoms with van der Waals surface area (Å²) in [6, 6.07) is 18.0. The summed E-state index contributed by atoms with van der Waals surface area (Å²) in [6.07, 6.45) is 1.53. The molecule has 0 aliphatic carbocycles. The third-order valence-electron chi connectivity index (χ3n) is 4.15. The summed E-state index contributed by atoms with van der Waals surface area (Å²) in [6.45, 7) is 0.644. The van der Waals surface area contributed by atoms with Crippen molar-refractivity contribution >= 4 is 5.91 Å². The van der Waals surface area contributed by atoms with E-state index in [0.29, 0.717) is 13.0 Å². The molecule has 2 aromatic rings. The Kier molecular flexibility index (Phi) is 5.43. The molecule has 2 atom stereocenters. The van der Waals surface area contributed by atoms with Crippen molar-refractivity contribution < 1.29 is 9.53 Å². The lowest BCUT2D eigenvalue weighted by atomic mass is 10.0. The molecule has 0 aromatic heterocycles. The molecule has 6 heteroatoms. The lowest BCUT2D eigenvalue weighted by Crippen LogP contribution is -2.45. The van der Waals surface area contributed by atoms with E-state index in [2.05, 4.69) is 28.4 Å². The maximum absolute atomic E-state index is 11.5. The quantitative estimate of drug-likeness (QED) is 0.364. The first-order chi connectivity index (χ1) is 11.8. The van der Waals surface area contributed by atoms with Gasteiger partial charge in [0.25, 0.3) is 5.91 Å². The van der Waals surface area contributed by atoms with Crippen LogP contribution in [0.4, 0.5) is 0 Å². The zero-order chi connectivity index (χ0) is 16.8. The van der Waals surface area contributed by atoms with E-state index in [0.717, 1.165) is 17.7 Å². The van der Waals surface area contributed by atoms with Crippen LogP contribution in [0.2, 0.25) is 0 Å². The van der Waals surface area contributed by atoms with Gasteiger partial charge < -0.3 is 4.74 Å². The molecule has 0 bridgehead atoms. The van der Waals surface area contributed by atoms with Crippen molar-refractivity contribution in [2.45, 2.75) is 24.9 Å². The standard InChI is InChI=1S/C18H22N4O2/c19-20-18(23)17-12-16(21-22-17)14-6-8-15(9-7-14)24-11-10-13-4-2-1-3-5-13/h1-9,16-17,21-22H,10-12,19H2,(H,20,23). The lowest BCUT2D eigenvalue weighted by molar-refractivity contribution is -0.122. The van der Waals surface area contributed by atoms with Crippen LogP contribution in [0.3, 0.4) is 0 Å². The fourth-order valence-corrected chi connectivity index (χ4v) is 2.78. The smallest absolute Gasteiger partial charge is 0.252 e. The van der Waals surface area contributed by atoms with Crippen molar-refractivity contribution in [3.63, 3.8) is 0 Å². The molecule has 126 valence electrons. The summed E-state index contributed by atoms with van der Waals surface area (Å²) < 4.78 is 5.79. The van der Waals surface area contributed by atoms with E-state index in [1.165, 1.54) is 5.56 Å². The monoisotopic (exact) mass is 326 g/mol. The number of carbonyl (C=O) groups excluding carboxylic acids is 1. The van der Waals surface area contributed by atoms with Gasteiger partial charge in [0.1, 0.15) is 11.8 Å². The molecular formula is C18H22N4O2. The molecule has 3 rings (SSSR count). The molecule has 0 spiro atoms. The fraction of sp³-hybridized carbons (Fsp3) is 0.278. The van der Waals surface area contributed by atoms with Crippen molar-refractivity contribution in [2.75, 3.05) is 6.61 Å². The van der Waals surface area contributed by atoms with Crippen LogP contribution in [0.15, 0.2) is 54.6 Å². The minimum atomic E-state index is -0.318. The third-order valence-corrected chi connectivity index (χ3v) is 4.15. The highest BCUT2D eigenvalue weighted by Crippen LogP contribution is 2.24. The number of hydrazine groups is 2. The Bertz CT molecular complexity index is 660. The molecule has 1 heterocycles. The van der Waals surface area contributed by atoms with Crippen molar-refractivity contribution in [1.29, 1.82) is 0 Å². The number of ether oxygens (including phenoxy) is 1. The Morgan fingerprint density at radius 2 is 1.88 bits per heavy atom. The van der Waals surface area contributed by atoms with E-state index in [1.54, 1.807) is 0 Å². The number of benzene rings is 2. The zero-order valence-corrected chi connectivity index (χ0v) is 13.4. The van der Waals surface area contributed by atoms with Gasteiger partial charge in [0.2, 0.25) is 0 Å². The molecule has 5 N–H and O–H groups in total. The van der Waals surface area contributed by atoms with E-state index in [9.17, 15) is 4.79 Å². The lowest BCUT2D eigenvalue weighted by Gasteiger charge is -2.11. The summed E-state index contributed by atoms with van der Waals surface area (Å²) in [5, 5.41) is 0. The predicted molar refractivity (Wildman–Crippen MR) is 91.8 cm³/mol. The first-order valence-corrected chi connectivity index (χ1v) is 8.04.